The van der Waals surface area contributed by atoms with Crippen LogP contribution in [0.25, 0.3) is 0 Å². The fourth-order valence-corrected chi connectivity index (χ4v) is 3.41. The van der Waals surface area contributed by atoms with Gasteiger partial charge in [-0.1, -0.05) is 0 Å². The second kappa shape index (κ2) is 7.77. The van der Waals surface area contributed by atoms with Crippen LogP contribution < -0.4 is 15.5 Å². The Bertz CT molecular complexity index is 611. The molecule has 2 amide bonds. The Morgan fingerprint density at radius 2 is 2.00 bits per heavy atom. The van der Waals surface area contributed by atoms with Gasteiger partial charge in [0.05, 0.1) is 0 Å². The van der Waals surface area contributed by atoms with E-state index in [1.807, 2.05) is 18.2 Å². The van der Waals surface area contributed by atoms with Gasteiger partial charge in [0.1, 0.15) is 0 Å². The molecule has 6 nitrogen and oxygen atoms in total. The highest BCUT2D eigenvalue weighted by molar-refractivity contribution is 5.97. The van der Waals surface area contributed by atoms with Gasteiger partial charge in [-0.25, -0.2) is 0 Å². The van der Waals surface area contributed by atoms with Crippen LogP contribution >= 0.6 is 0 Å². The van der Waals surface area contributed by atoms with E-state index in [0.29, 0.717) is 18.7 Å². The third-order valence-corrected chi connectivity index (χ3v) is 4.76. The fourth-order valence-electron chi connectivity index (χ4n) is 3.41. The number of rotatable bonds is 5. The molecular formula is C18H26N4O2. The Balaban J connectivity index is 1.48. The van der Waals surface area contributed by atoms with Gasteiger partial charge in [0.25, 0.3) is 5.91 Å². The van der Waals surface area contributed by atoms with Crippen LogP contribution in [0.2, 0.25) is 0 Å². The normalized spacial score (nSPS) is 17.6. The minimum absolute atomic E-state index is 0.0283. The summed E-state index contributed by atoms with van der Waals surface area (Å²) in [5.41, 5.74) is 2.71. The minimum atomic E-state index is -0.0283. The van der Waals surface area contributed by atoms with E-state index in [9.17, 15) is 9.59 Å². The van der Waals surface area contributed by atoms with Crippen LogP contribution in [0.4, 0.5) is 5.69 Å². The summed E-state index contributed by atoms with van der Waals surface area (Å²) >= 11 is 0. The lowest BCUT2D eigenvalue weighted by molar-refractivity contribution is -0.116. The molecule has 6 heteroatoms. The molecule has 3 rings (SSSR count). The second-order valence-electron chi connectivity index (χ2n) is 6.47. The van der Waals surface area contributed by atoms with Crippen molar-refractivity contribution >= 4 is 17.5 Å². The molecule has 0 aliphatic carbocycles. The van der Waals surface area contributed by atoms with Crippen molar-refractivity contribution in [2.45, 2.75) is 19.8 Å². The summed E-state index contributed by atoms with van der Waals surface area (Å²) in [6.45, 7) is 8.29. The van der Waals surface area contributed by atoms with E-state index in [0.717, 1.165) is 56.8 Å². The van der Waals surface area contributed by atoms with Gasteiger partial charge in [0, 0.05) is 57.4 Å². The zero-order chi connectivity index (χ0) is 16.9. The number of nitrogens with zero attached hydrogens (tertiary/aromatic N) is 2. The molecule has 2 aliphatic rings. The Hall–Kier alpha value is -1.92. The average molecular weight is 330 g/mol. The Morgan fingerprint density at radius 3 is 2.75 bits per heavy atom. The van der Waals surface area contributed by atoms with Gasteiger partial charge in [0.2, 0.25) is 5.91 Å². The Kier molecular flexibility index (Phi) is 5.48. The third kappa shape index (κ3) is 3.94. The third-order valence-electron chi connectivity index (χ3n) is 4.76. The fraction of sp³-hybridized carbons (Fsp3) is 0.556. The molecule has 24 heavy (non-hydrogen) atoms. The van der Waals surface area contributed by atoms with Gasteiger partial charge in [-0.15, -0.1) is 0 Å². The molecule has 1 saturated heterocycles. The molecule has 0 unspecified atom stereocenters. The van der Waals surface area contributed by atoms with Gasteiger partial charge in [0.15, 0.2) is 0 Å². The first-order valence-electron chi connectivity index (χ1n) is 8.77. The predicted molar refractivity (Wildman–Crippen MR) is 94.4 cm³/mol. The van der Waals surface area contributed by atoms with E-state index < -0.39 is 0 Å². The number of piperazine rings is 1. The quantitative estimate of drug-likeness (QED) is 0.777. The van der Waals surface area contributed by atoms with Gasteiger partial charge in [-0.2, -0.15) is 0 Å². The molecule has 0 spiro atoms. The van der Waals surface area contributed by atoms with Crippen molar-refractivity contribution in [3.63, 3.8) is 0 Å². The van der Waals surface area contributed by atoms with E-state index in [1.54, 1.807) is 11.8 Å². The highest BCUT2D eigenvalue weighted by Gasteiger charge is 2.23. The number of amides is 2. The maximum atomic E-state index is 12.3. The van der Waals surface area contributed by atoms with Crippen LogP contribution in [0, 0.1) is 0 Å². The monoisotopic (exact) mass is 330 g/mol. The standard InChI is InChI=1S/C18H26N4O2/c1-14(23)22-10-5-15-13-16(3-4-17(15)22)18(24)20-6-2-9-21-11-7-19-8-12-21/h3-4,13,19H,2,5-12H2,1H3,(H,20,24). The first-order chi connectivity index (χ1) is 11.6. The maximum Gasteiger partial charge on any atom is 0.251 e. The number of carbonyl (C=O) groups excluding carboxylic acids is 2. The molecule has 2 heterocycles. The lowest BCUT2D eigenvalue weighted by Crippen LogP contribution is -2.44. The van der Waals surface area contributed by atoms with Crippen molar-refractivity contribution in [1.82, 2.24) is 15.5 Å². The number of hydrogen-bond donors (Lipinski definition) is 2. The maximum absolute atomic E-state index is 12.3. The molecule has 0 saturated carbocycles. The summed E-state index contributed by atoms with van der Waals surface area (Å²) < 4.78 is 0. The summed E-state index contributed by atoms with van der Waals surface area (Å²) in [5, 5.41) is 6.34. The molecule has 0 atom stereocenters. The first kappa shape index (κ1) is 16.9. The van der Waals surface area contributed by atoms with Crippen molar-refractivity contribution in [1.29, 1.82) is 0 Å². The molecule has 130 valence electrons. The molecule has 0 aromatic heterocycles. The van der Waals surface area contributed by atoms with Crippen molar-refractivity contribution in [3.05, 3.63) is 29.3 Å². The number of anilines is 1. The van der Waals surface area contributed by atoms with Crippen molar-refractivity contribution < 1.29 is 9.59 Å². The zero-order valence-electron chi connectivity index (χ0n) is 14.3. The van der Waals surface area contributed by atoms with E-state index in [1.165, 1.54) is 0 Å². The van der Waals surface area contributed by atoms with Gasteiger partial charge in [-0.3, -0.25) is 9.59 Å². The summed E-state index contributed by atoms with van der Waals surface area (Å²) in [6.07, 6.45) is 1.79. The molecule has 1 aromatic carbocycles. The highest BCUT2D eigenvalue weighted by Crippen LogP contribution is 2.28. The molecular weight excluding hydrogens is 304 g/mol. The van der Waals surface area contributed by atoms with Crippen LogP contribution in [-0.2, 0) is 11.2 Å². The van der Waals surface area contributed by atoms with E-state index in [-0.39, 0.29) is 11.8 Å². The van der Waals surface area contributed by atoms with E-state index >= 15 is 0 Å². The number of benzene rings is 1. The SMILES string of the molecule is CC(=O)N1CCc2cc(C(=O)NCCCN3CCNCC3)ccc21. The highest BCUT2D eigenvalue weighted by atomic mass is 16.2. The van der Waals surface area contributed by atoms with Crippen LogP contribution in [0.5, 0.6) is 0 Å². The lowest BCUT2D eigenvalue weighted by Gasteiger charge is -2.27. The van der Waals surface area contributed by atoms with Gasteiger partial charge in [-0.05, 0) is 43.1 Å². The van der Waals surface area contributed by atoms with Crippen LogP contribution in [0.15, 0.2) is 18.2 Å². The number of carbonyl (C=O) groups is 2. The predicted octanol–water partition coefficient (Wildman–Crippen LogP) is 0.621. The topological polar surface area (TPSA) is 64.7 Å². The van der Waals surface area contributed by atoms with Crippen molar-refractivity contribution in [2.24, 2.45) is 0 Å². The number of nitrogens with one attached hydrogen (secondary N) is 2. The second-order valence-corrected chi connectivity index (χ2v) is 6.47. The summed E-state index contributed by atoms with van der Waals surface area (Å²) in [4.78, 5) is 28.1. The lowest BCUT2D eigenvalue weighted by atomic mass is 10.1. The smallest absolute Gasteiger partial charge is 0.251 e. The summed E-state index contributed by atoms with van der Waals surface area (Å²) in [7, 11) is 0. The van der Waals surface area contributed by atoms with Gasteiger partial charge < -0.3 is 20.4 Å². The number of fused-ring (bicyclic) bond motifs is 1. The van der Waals surface area contributed by atoms with Crippen LogP contribution in [0.3, 0.4) is 0 Å². The van der Waals surface area contributed by atoms with Crippen LogP contribution in [0.1, 0.15) is 29.3 Å². The summed E-state index contributed by atoms with van der Waals surface area (Å²) in [5.74, 6) is 0.0262. The van der Waals surface area contributed by atoms with Crippen molar-refractivity contribution in [2.75, 3.05) is 50.7 Å². The molecule has 0 radical (unpaired) electrons. The zero-order valence-corrected chi connectivity index (χ0v) is 14.3. The Morgan fingerprint density at radius 1 is 1.21 bits per heavy atom. The minimum Gasteiger partial charge on any atom is -0.352 e. The Labute approximate surface area is 143 Å². The van der Waals surface area contributed by atoms with Crippen LogP contribution in [-0.4, -0.2) is 62.5 Å². The first-order valence-corrected chi connectivity index (χ1v) is 8.77. The molecule has 1 fully saturated rings. The molecule has 1 aromatic rings. The average Bonchev–Trinajstić information content (AvgIpc) is 3.03. The largest absolute Gasteiger partial charge is 0.352 e. The summed E-state index contributed by atoms with van der Waals surface area (Å²) in [6, 6.07) is 5.62. The van der Waals surface area contributed by atoms with E-state index in [4.69, 9.17) is 0 Å². The molecule has 2 N–H and O–H groups in total. The van der Waals surface area contributed by atoms with Crippen molar-refractivity contribution in [3.8, 4) is 0 Å². The van der Waals surface area contributed by atoms with E-state index in [2.05, 4.69) is 15.5 Å². The molecule has 2 aliphatic heterocycles. The molecule has 0 bridgehead atoms. The van der Waals surface area contributed by atoms with Gasteiger partial charge >= 0.3 is 0 Å². The number of hydrogen-bond acceptors (Lipinski definition) is 4.